The van der Waals surface area contributed by atoms with Crippen molar-refractivity contribution in [3.63, 3.8) is 0 Å². The van der Waals surface area contributed by atoms with Crippen molar-refractivity contribution in [3.8, 4) is 5.75 Å². The van der Waals surface area contributed by atoms with E-state index in [-0.39, 0.29) is 21.9 Å². The molecule has 0 saturated carbocycles. The van der Waals surface area contributed by atoms with Crippen LogP contribution < -0.4 is 15.0 Å². The second-order valence-corrected chi connectivity index (χ2v) is 8.99. The molecule has 3 aromatic rings. The van der Waals surface area contributed by atoms with Gasteiger partial charge in [-0.05, 0) is 47.8 Å². The molecule has 1 aliphatic rings. The minimum Gasteiger partial charge on any atom is -0.494 e. The Labute approximate surface area is 200 Å². The molecule has 1 aromatic heterocycles. The quantitative estimate of drug-likeness (QED) is 0.529. The number of methoxy groups -OCH3 is 1. The first-order valence-electron chi connectivity index (χ1n) is 9.98. The minimum atomic E-state index is -0.315. The first kappa shape index (κ1) is 22.5. The van der Waals surface area contributed by atoms with Crippen molar-refractivity contribution >= 4 is 57.7 Å². The smallest absolute Gasteiger partial charge is 0.264 e. The van der Waals surface area contributed by atoms with E-state index in [9.17, 15) is 9.59 Å². The normalized spacial score (nSPS) is 13.7. The number of amides is 2. The first-order chi connectivity index (χ1) is 15.5. The van der Waals surface area contributed by atoms with E-state index >= 15 is 0 Å². The molecule has 0 atom stereocenters. The van der Waals surface area contributed by atoms with Crippen LogP contribution in [0.25, 0.3) is 0 Å². The molecule has 0 bridgehead atoms. The number of ether oxygens (including phenoxy) is 1. The maximum atomic E-state index is 12.6. The standard InChI is InChI=1S/C23H21Cl2N3O3S/c1-31-21-18(24)13-15(14-19(21)25)22(29)26-16-4-6-17(7-5-16)27-8-10-28(11-9-27)23(30)20-3-2-12-32-20/h2-7,12-14H,8-11H2,1H3,(H,26,29). The number of rotatable bonds is 5. The Hall–Kier alpha value is -2.74. The van der Waals surface area contributed by atoms with E-state index in [4.69, 9.17) is 27.9 Å². The molecule has 0 aliphatic carbocycles. The van der Waals surface area contributed by atoms with Crippen molar-refractivity contribution < 1.29 is 14.3 Å². The molecule has 2 heterocycles. The molecule has 9 heteroatoms. The highest BCUT2D eigenvalue weighted by molar-refractivity contribution is 7.12. The fourth-order valence-electron chi connectivity index (χ4n) is 3.57. The molecule has 166 valence electrons. The summed E-state index contributed by atoms with van der Waals surface area (Å²) < 4.78 is 5.12. The van der Waals surface area contributed by atoms with Crippen LogP contribution in [0.1, 0.15) is 20.0 Å². The van der Waals surface area contributed by atoms with Crippen LogP contribution in [0.5, 0.6) is 5.75 Å². The van der Waals surface area contributed by atoms with E-state index in [1.165, 1.54) is 30.6 Å². The van der Waals surface area contributed by atoms with Crippen LogP contribution in [0.3, 0.4) is 0 Å². The minimum absolute atomic E-state index is 0.0939. The lowest BCUT2D eigenvalue weighted by atomic mass is 10.2. The largest absolute Gasteiger partial charge is 0.494 e. The fourth-order valence-corrected chi connectivity index (χ4v) is 4.90. The van der Waals surface area contributed by atoms with E-state index in [1.807, 2.05) is 46.7 Å². The first-order valence-corrected chi connectivity index (χ1v) is 11.6. The average Bonchev–Trinajstić information content (AvgIpc) is 3.34. The molecule has 6 nitrogen and oxygen atoms in total. The van der Waals surface area contributed by atoms with Crippen LogP contribution in [-0.2, 0) is 0 Å². The van der Waals surface area contributed by atoms with E-state index in [1.54, 1.807) is 0 Å². The predicted molar refractivity (Wildman–Crippen MR) is 130 cm³/mol. The molecular weight excluding hydrogens is 469 g/mol. The topological polar surface area (TPSA) is 61.9 Å². The fraction of sp³-hybridized carbons (Fsp3) is 0.217. The number of hydrogen-bond donors (Lipinski definition) is 1. The summed E-state index contributed by atoms with van der Waals surface area (Å²) in [5.41, 5.74) is 2.05. The van der Waals surface area contributed by atoms with Crippen molar-refractivity contribution in [2.45, 2.75) is 0 Å². The third kappa shape index (κ3) is 4.85. The molecule has 0 unspecified atom stereocenters. The maximum absolute atomic E-state index is 12.6. The van der Waals surface area contributed by atoms with Gasteiger partial charge in [-0.1, -0.05) is 29.3 Å². The molecule has 4 rings (SSSR count). The molecule has 2 aromatic carbocycles. The lowest BCUT2D eigenvalue weighted by Gasteiger charge is -2.36. The summed E-state index contributed by atoms with van der Waals surface area (Å²) in [7, 11) is 1.47. The van der Waals surface area contributed by atoms with Gasteiger partial charge in [-0.3, -0.25) is 9.59 Å². The number of hydrogen-bond acceptors (Lipinski definition) is 5. The van der Waals surface area contributed by atoms with Gasteiger partial charge in [0.05, 0.1) is 22.0 Å². The van der Waals surface area contributed by atoms with Gasteiger partial charge in [0.2, 0.25) is 0 Å². The van der Waals surface area contributed by atoms with Crippen LogP contribution in [0, 0.1) is 0 Å². The summed E-state index contributed by atoms with van der Waals surface area (Å²) in [4.78, 5) is 30.0. The Morgan fingerprint density at radius 1 is 1.00 bits per heavy atom. The van der Waals surface area contributed by atoms with Crippen LogP contribution >= 0.6 is 34.5 Å². The van der Waals surface area contributed by atoms with Gasteiger partial charge in [-0.25, -0.2) is 0 Å². The van der Waals surface area contributed by atoms with Crippen LogP contribution in [0.15, 0.2) is 53.9 Å². The number of nitrogens with one attached hydrogen (secondary N) is 1. The van der Waals surface area contributed by atoms with Crippen molar-refractivity contribution in [2.24, 2.45) is 0 Å². The number of anilines is 2. The van der Waals surface area contributed by atoms with Gasteiger partial charge in [0.25, 0.3) is 11.8 Å². The SMILES string of the molecule is COc1c(Cl)cc(C(=O)Nc2ccc(N3CCN(C(=O)c4cccs4)CC3)cc2)cc1Cl. The number of carbonyl (C=O) groups excluding carboxylic acids is 2. The van der Waals surface area contributed by atoms with E-state index in [0.717, 1.165) is 23.7 Å². The van der Waals surface area contributed by atoms with Gasteiger partial charge >= 0.3 is 0 Å². The summed E-state index contributed by atoms with van der Waals surface area (Å²) in [5, 5.41) is 5.32. The molecule has 1 saturated heterocycles. The zero-order valence-corrected chi connectivity index (χ0v) is 19.6. The predicted octanol–water partition coefficient (Wildman–Crippen LogP) is 5.28. The second kappa shape index (κ2) is 9.81. The van der Waals surface area contributed by atoms with Crippen molar-refractivity contribution in [1.29, 1.82) is 0 Å². The molecule has 0 radical (unpaired) electrons. The molecule has 2 amide bonds. The zero-order chi connectivity index (χ0) is 22.7. The van der Waals surface area contributed by atoms with Gasteiger partial charge < -0.3 is 19.9 Å². The van der Waals surface area contributed by atoms with E-state index < -0.39 is 0 Å². The highest BCUT2D eigenvalue weighted by Gasteiger charge is 2.23. The van der Waals surface area contributed by atoms with Crippen molar-refractivity contribution in [3.05, 3.63) is 74.4 Å². The Kier molecular flexibility index (Phi) is 6.89. The van der Waals surface area contributed by atoms with Gasteiger partial charge in [0.1, 0.15) is 0 Å². The lowest BCUT2D eigenvalue weighted by molar-refractivity contribution is 0.0751. The molecule has 0 spiro atoms. The van der Waals surface area contributed by atoms with Gasteiger partial charge in [-0.15, -0.1) is 11.3 Å². The molecule has 1 fully saturated rings. The summed E-state index contributed by atoms with van der Waals surface area (Å²) >= 11 is 13.7. The highest BCUT2D eigenvalue weighted by Crippen LogP contribution is 2.34. The van der Waals surface area contributed by atoms with Crippen LogP contribution in [0.2, 0.25) is 10.0 Å². The molecule has 32 heavy (non-hydrogen) atoms. The summed E-state index contributed by atoms with van der Waals surface area (Å²) in [6.07, 6.45) is 0. The molecule has 1 N–H and O–H groups in total. The van der Waals surface area contributed by atoms with Gasteiger partial charge in [-0.2, -0.15) is 0 Å². The number of halogens is 2. The number of carbonyl (C=O) groups is 2. The Morgan fingerprint density at radius 2 is 1.66 bits per heavy atom. The number of piperazine rings is 1. The average molecular weight is 490 g/mol. The summed E-state index contributed by atoms with van der Waals surface area (Å²) in [6, 6.07) is 14.4. The number of benzene rings is 2. The Morgan fingerprint density at radius 3 is 2.22 bits per heavy atom. The Balaban J connectivity index is 1.36. The summed E-state index contributed by atoms with van der Waals surface area (Å²) in [6.45, 7) is 2.86. The third-order valence-corrected chi connectivity index (χ3v) is 6.67. The number of nitrogens with zero attached hydrogens (tertiary/aromatic N) is 2. The van der Waals surface area contributed by atoms with Gasteiger partial charge in [0.15, 0.2) is 5.75 Å². The van der Waals surface area contributed by atoms with Crippen LogP contribution in [0.4, 0.5) is 11.4 Å². The van der Waals surface area contributed by atoms with Crippen molar-refractivity contribution in [2.75, 3.05) is 43.5 Å². The van der Waals surface area contributed by atoms with Gasteiger partial charge in [0, 0.05) is 43.1 Å². The molecule has 1 aliphatic heterocycles. The van der Waals surface area contributed by atoms with Crippen LogP contribution in [-0.4, -0.2) is 50.0 Å². The second-order valence-electron chi connectivity index (χ2n) is 7.23. The highest BCUT2D eigenvalue weighted by atomic mass is 35.5. The Bertz CT molecular complexity index is 1090. The van der Waals surface area contributed by atoms with Crippen molar-refractivity contribution in [1.82, 2.24) is 4.90 Å². The third-order valence-electron chi connectivity index (χ3n) is 5.25. The zero-order valence-electron chi connectivity index (χ0n) is 17.3. The molecular formula is C23H21Cl2N3O3S. The monoisotopic (exact) mass is 489 g/mol. The van der Waals surface area contributed by atoms with E-state index in [2.05, 4.69) is 10.2 Å². The number of thiophene rings is 1. The lowest BCUT2D eigenvalue weighted by Crippen LogP contribution is -2.48. The summed E-state index contributed by atoms with van der Waals surface area (Å²) in [5.74, 6) is 0.118. The van der Waals surface area contributed by atoms with E-state index in [0.29, 0.717) is 30.1 Å². The maximum Gasteiger partial charge on any atom is 0.264 e.